The van der Waals surface area contributed by atoms with Crippen LogP contribution in [-0.2, 0) is 15.9 Å². The van der Waals surface area contributed by atoms with Crippen LogP contribution in [0.2, 0.25) is 0 Å². The number of ether oxygens (including phenoxy) is 2. The first kappa shape index (κ1) is 15.1. The maximum Gasteiger partial charge on any atom is 0.342 e. The Hall–Kier alpha value is -1.99. The van der Waals surface area contributed by atoms with Gasteiger partial charge in [0.25, 0.3) is 5.69 Å². The minimum absolute atomic E-state index is 0.295. The fraction of sp³-hybridized carbons (Fsp3) is 0.417. The lowest BCUT2D eigenvalue weighted by molar-refractivity contribution is -0.385. The summed E-state index contributed by atoms with van der Waals surface area (Å²) in [6, 6.07) is 4.24. The molecule has 0 aromatic heterocycles. The van der Waals surface area contributed by atoms with Crippen LogP contribution in [0.1, 0.15) is 22.3 Å². The Morgan fingerprint density at radius 3 is 2.53 bits per heavy atom. The van der Waals surface area contributed by atoms with E-state index in [1.807, 2.05) is 0 Å². The minimum atomic E-state index is -1.32. The van der Waals surface area contributed by atoms with E-state index in [2.05, 4.69) is 0 Å². The number of carboxylic acid groups (broad SMARTS) is 1. The van der Waals surface area contributed by atoms with E-state index in [0.717, 1.165) is 0 Å². The highest BCUT2D eigenvalue weighted by atomic mass is 16.7. The smallest absolute Gasteiger partial charge is 0.342 e. The first-order valence-electron chi connectivity index (χ1n) is 5.56. The summed E-state index contributed by atoms with van der Waals surface area (Å²) in [7, 11) is 2.94. The van der Waals surface area contributed by atoms with Gasteiger partial charge in [0.2, 0.25) is 0 Å². The van der Waals surface area contributed by atoms with Crippen LogP contribution in [0, 0.1) is 10.1 Å². The molecule has 0 heterocycles. The Kier molecular flexibility index (Phi) is 5.40. The number of hydrogen-bond acceptors (Lipinski definition) is 5. The number of nitro groups is 1. The largest absolute Gasteiger partial charge is 0.477 e. The summed E-state index contributed by atoms with van der Waals surface area (Å²) in [6.07, 6.45) is 0.217. The lowest BCUT2D eigenvalue weighted by Gasteiger charge is -2.13. The van der Waals surface area contributed by atoms with Crippen molar-refractivity contribution in [1.82, 2.24) is 0 Å². The summed E-state index contributed by atoms with van der Waals surface area (Å²) < 4.78 is 9.98. The zero-order valence-electron chi connectivity index (χ0n) is 10.7. The lowest BCUT2D eigenvalue weighted by atomic mass is 10.0. The second kappa shape index (κ2) is 6.81. The van der Waals surface area contributed by atoms with Crippen LogP contribution < -0.4 is 0 Å². The van der Waals surface area contributed by atoms with Gasteiger partial charge in [-0.1, -0.05) is 12.1 Å². The van der Waals surface area contributed by atoms with Gasteiger partial charge in [0.15, 0.2) is 6.29 Å². The molecular weight excluding hydrogens is 254 g/mol. The van der Waals surface area contributed by atoms with Crippen molar-refractivity contribution in [2.45, 2.75) is 19.1 Å². The van der Waals surface area contributed by atoms with E-state index >= 15 is 0 Å². The molecule has 0 fully saturated rings. The Morgan fingerprint density at radius 1 is 1.42 bits per heavy atom. The molecule has 0 bridgehead atoms. The van der Waals surface area contributed by atoms with E-state index in [1.165, 1.54) is 32.4 Å². The van der Waals surface area contributed by atoms with Crippen LogP contribution in [0.5, 0.6) is 0 Å². The first-order valence-corrected chi connectivity index (χ1v) is 5.56. The molecular formula is C12H15NO6. The van der Waals surface area contributed by atoms with Gasteiger partial charge in [-0.2, -0.15) is 0 Å². The summed E-state index contributed by atoms with van der Waals surface area (Å²) in [5, 5.41) is 20.0. The predicted octanol–water partition coefficient (Wildman–Crippen LogP) is 1.84. The fourth-order valence-corrected chi connectivity index (χ4v) is 1.79. The molecule has 0 spiro atoms. The Labute approximate surface area is 109 Å². The predicted molar refractivity (Wildman–Crippen MR) is 66.2 cm³/mol. The van der Waals surface area contributed by atoms with Gasteiger partial charge in [0, 0.05) is 26.2 Å². The summed E-state index contributed by atoms with van der Waals surface area (Å²) >= 11 is 0. The van der Waals surface area contributed by atoms with Crippen molar-refractivity contribution in [3.63, 3.8) is 0 Å². The molecule has 0 amide bonds. The first-order chi connectivity index (χ1) is 9.01. The third kappa shape index (κ3) is 3.73. The van der Waals surface area contributed by atoms with Gasteiger partial charge >= 0.3 is 5.97 Å². The highest BCUT2D eigenvalue weighted by molar-refractivity contribution is 5.93. The van der Waals surface area contributed by atoms with Crippen LogP contribution >= 0.6 is 0 Å². The van der Waals surface area contributed by atoms with E-state index in [-0.39, 0.29) is 11.3 Å². The average Bonchev–Trinajstić information content (AvgIpc) is 2.39. The van der Waals surface area contributed by atoms with Crippen molar-refractivity contribution in [1.29, 1.82) is 0 Å². The summed E-state index contributed by atoms with van der Waals surface area (Å²) in [4.78, 5) is 21.3. The van der Waals surface area contributed by atoms with E-state index in [0.29, 0.717) is 18.4 Å². The summed E-state index contributed by atoms with van der Waals surface area (Å²) in [5.41, 5.74) is -0.334. The van der Waals surface area contributed by atoms with E-state index in [9.17, 15) is 14.9 Å². The van der Waals surface area contributed by atoms with Crippen molar-refractivity contribution in [2.75, 3.05) is 14.2 Å². The standard InChI is InChI=1S/C12H15NO6/c1-18-10(19-2)7-6-8-4-3-5-9(12(14)15)11(8)13(16)17/h3-5,10H,6-7H2,1-2H3,(H,14,15). The second-order valence-electron chi connectivity index (χ2n) is 3.82. The van der Waals surface area contributed by atoms with Crippen LogP contribution in [0.15, 0.2) is 18.2 Å². The topological polar surface area (TPSA) is 98.9 Å². The number of methoxy groups -OCH3 is 2. The molecule has 0 saturated carbocycles. The molecule has 0 aliphatic rings. The van der Waals surface area contributed by atoms with Gasteiger partial charge < -0.3 is 14.6 Å². The Balaban J connectivity index is 3.03. The number of para-hydroxylation sites is 1. The molecule has 104 valence electrons. The number of nitrogens with zero attached hydrogens (tertiary/aromatic N) is 1. The SMILES string of the molecule is COC(CCc1cccc(C(=O)O)c1[N+](=O)[O-])OC. The Morgan fingerprint density at radius 2 is 2.05 bits per heavy atom. The van der Waals surface area contributed by atoms with Crippen molar-refractivity contribution < 1.29 is 24.3 Å². The van der Waals surface area contributed by atoms with Crippen LogP contribution in [0.25, 0.3) is 0 Å². The summed E-state index contributed by atoms with van der Waals surface area (Å²) in [6.45, 7) is 0. The maximum absolute atomic E-state index is 11.0. The van der Waals surface area contributed by atoms with Gasteiger partial charge in [-0.25, -0.2) is 4.79 Å². The number of benzene rings is 1. The monoisotopic (exact) mass is 269 g/mol. The zero-order chi connectivity index (χ0) is 14.4. The second-order valence-corrected chi connectivity index (χ2v) is 3.82. The van der Waals surface area contributed by atoms with Gasteiger partial charge in [-0.15, -0.1) is 0 Å². The lowest BCUT2D eigenvalue weighted by Crippen LogP contribution is -2.14. The van der Waals surface area contributed by atoms with Gasteiger partial charge in [0.1, 0.15) is 5.56 Å². The maximum atomic E-state index is 11.0. The number of hydrogen-bond donors (Lipinski definition) is 1. The Bertz CT molecular complexity index is 469. The number of rotatable bonds is 7. The molecule has 19 heavy (non-hydrogen) atoms. The molecule has 7 heteroatoms. The average molecular weight is 269 g/mol. The number of carboxylic acids is 1. The highest BCUT2D eigenvalue weighted by Crippen LogP contribution is 2.25. The van der Waals surface area contributed by atoms with Gasteiger partial charge in [-0.3, -0.25) is 10.1 Å². The van der Waals surface area contributed by atoms with Crippen LogP contribution in [0.4, 0.5) is 5.69 Å². The summed E-state index contributed by atoms with van der Waals surface area (Å²) in [5.74, 6) is -1.32. The number of carbonyl (C=O) groups is 1. The van der Waals surface area contributed by atoms with E-state index in [4.69, 9.17) is 14.6 Å². The van der Waals surface area contributed by atoms with E-state index < -0.39 is 17.2 Å². The molecule has 0 aliphatic carbocycles. The van der Waals surface area contributed by atoms with E-state index in [1.54, 1.807) is 0 Å². The van der Waals surface area contributed by atoms with Crippen LogP contribution in [-0.4, -0.2) is 36.5 Å². The third-order valence-electron chi connectivity index (χ3n) is 2.71. The third-order valence-corrected chi connectivity index (χ3v) is 2.71. The number of aryl methyl sites for hydroxylation is 1. The minimum Gasteiger partial charge on any atom is -0.477 e. The molecule has 0 unspecified atom stereocenters. The molecule has 0 aliphatic heterocycles. The van der Waals surface area contributed by atoms with Crippen molar-refractivity contribution in [3.05, 3.63) is 39.4 Å². The molecule has 0 saturated heterocycles. The van der Waals surface area contributed by atoms with Crippen molar-refractivity contribution >= 4 is 11.7 Å². The highest BCUT2D eigenvalue weighted by Gasteiger charge is 2.24. The fourth-order valence-electron chi connectivity index (χ4n) is 1.79. The molecule has 1 N–H and O–H groups in total. The number of aromatic carboxylic acids is 1. The zero-order valence-corrected chi connectivity index (χ0v) is 10.7. The molecule has 0 atom stereocenters. The van der Waals surface area contributed by atoms with Crippen molar-refractivity contribution in [2.24, 2.45) is 0 Å². The van der Waals surface area contributed by atoms with Crippen LogP contribution in [0.3, 0.4) is 0 Å². The molecule has 1 rings (SSSR count). The molecule has 0 radical (unpaired) electrons. The quantitative estimate of drug-likeness (QED) is 0.460. The molecule has 7 nitrogen and oxygen atoms in total. The molecule has 1 aromatic carbocycles. The van der Waals surface area contributed by atoms with Gasteiger partial charge in [0.05, 0.1) is 4.92 Å². The number of nitro benzene ring substituents is 1. The normalized spacial score (nSPS) is 10.7. The van der Waals surface area contributed by atoms with Gasteiger partial charge in [-0.05, 0) is 12.5 Å². The molecule has 1 aromatic rings. The van der Waals surface area contributed by atoms with Crippen molar-refractivity contribution in [3.8, 4) is 0 Å².